The molecule has 0 unspecified atom stereocenters. The van der Waals surface area contributed by atoms with Crippen LogP contribution in [0.4, 0.5) is 17.3 Å². The quantitative estimate of drug-likeness (QED) is 0.681. The molecule has 0 spiro atoms. The van der Waals surface area contributed by atoms with Crippen LogP contribution in [0.2, 0.25) is 0 Å². The zero-order valence-electron chi connectivity index (χ0n) is 13.7. The first-order valence-corrected chi connectivity index (χ1v) is 8.70. The third kappa shape index (κ3) is 4.03. The molecule has 0 aliphatic heterocycles. The van der Waals surface area contributed by atoms with Crippen molar-refractivity contribution in [1.82, 2.24) is 9.97 Å². The Balaban J connectivity index is 1.86. The smallest absolute Gasteiger partial charge is 0.274 e. The van der Waals surface area contributed by atoms with Crippen LogP contribution in [0.5, 0.6) is 0 Å². The van der Waals surface area contributed by atoms with Crippen LogP contribution in [0.3, 0.4) is 0 Å². The molecule has 0 aliphatic rings. The zero-order valence-corrected chi connectivity index (χ0v) is 15.3. The molecular formula is C19H17BrN4O. The molecule has 0 bridgehead atoms. The molecule has 25 heavy (non-hydrogen) atoms. The van der Waals surface area contributed by atoms with Gasteiger partial charge in [-0.1, -0.05) is 30.3 Å². The number of halogens is 1. The normalized spacial score (nSPS) is 10.3. The summed E-state index contributed by atoms with van der Waals surface area (Å²) in [5, 5.41) is 2.86. The van der Waals surface area contributed by atoms with Gasteiger partial charge < -0.3 is 10.2 Å². The Bertz CT molecular complexity index is 870. The molecule has 5 nitrogen and oxygen atoms in total. The van der Waals surface area contributed by atoms with E-state index in [4.69, 9.17) is 0 Å². The minimum absolute atomic E-state index is 0.278. The third-order valence-electron chi connectivity index (χ3n) is 3.62. The standard InChI is InChI=1S/C19H17BrN4O/c1-2-24(14-8-4-3-5-9-14)19-21-13-12-17(23-19)18(25)22-16-11-7-6-10-15(16)20/h3-13H,2H2,1H3,(H,22,25). The molecule has 0 atom stereocenters. The van der Waals surface area contributed by atoms with Crippen molar-refractivity contribution in [3.05, 3.63) is 77.0 Å². The van der Waals surface area contributed by atoms with E-state index in [1.54, 1.807) is 12.3 Å². The number of hydrogen-bond acceptors (Lipinski definition) is 4. The first-order valence-electron chi connectivity index (χ1n) is 7.90. The third-order valence-corrected chi connectivity index (χ3v) is 4.31. The van der Waals surface area contributed by atoms with Gasteiger partial charge in [-0.2, -0.15) is 0 Å². The lowest BCUT2D eigenvalue weighted by Gasteiger charge is -2.21. The summed E-state index contributed by atoms with van der Waals surface area (Å²) >= 11 is 3.42. The average Bonchev–Trinajstić information content (AvgIpc) is 2.65. The number of nitrogens with one attached hydrogen (secondary N) is 1. The van der Waals surface area contributed by atoms with Crippen LogP contribution in [0.15, 0.2) is 71.3 Å². The van der Waals surface area contributed by atoms with Crippen LogP contribution in [0, 0.1) is 0 Å². The van der Waals surface area contributed by atoms with E-state index < -0.39 is 0 Å². The fourth-order valence-corrected chi connectivity index (χ4v) is 2.79. The molecule has 3 rings (SSSR count). The molecule has 6 heteroatoms. The van der Waals surface area contributed by atoms with Gasteiger partial charge in [0.15, 0.2) is 0 Å². The lowest BCUT2D eigenvalue weighted by molar-refractivity contribution is 0.102. The van der Waals surface area contributed by atoms with Crippen molar-refractivity contribution in [3.8, 4) is 0 Å². The Morgan fingerprint density at radius 3 is 2.52 bits per heavy atom. The molecule has 3 aromatic rings. The Kier molecular flexibility index (Phi) is 5.40. The summed E-state index contributed by atoms with van der Waals surface area (Å²) < 4.78 is 0.817. The second-order valence-corrected chi connectivity index (χ2v) is 6.11. The van der Waals surface area contributed by atoms with Crippen molar-refractivity contribution in [1.29, 1.82) is 0 Å². The van der Waals surface area contributed by atoms with Crippen molar-refractivity contribution >= 4 is 39.2 Å². The lowest BCUT2D eigenvalue weighted by atomic mass is 10.3. The van der Waals surface area contributed by atoms with Gasteiger partial charge >= 0.3 is 0 Å². The fraction of sp³-hybridized carbons (Fsp3) is 0.105. The van der Waals surface area contributed by atoms with E-state index in [9.17, 15) is 4.79 Å². The van der Waals surface area contributed by atoms with Crippen molar-refractivity contribution in [2.45, 2.75) is 6.92 Å². The molecule has 0 radical (unpaired) electrons. The first-order chi connectivity index (χ1) is 12.2. The number of benzene rings is 2. The molecular weight excluding hydrogens is 380 g/mol. The topological polar surface area (TPSA) is 58.1 Å². The highest BCUT2D eigenvalue weighted by atomic mass is 79.9. The first kappa shape index (κ1) is 17.1. The number of rotatable bonds is 5. The van der Waals surface area contributed by atoms with Crippen LogP contribution < -0.4 is 10.2 Å². The summed E-state index contributed by atoms with van der Waals surface area (Å²) in [6.07, 6.45) is 1.60. The second kappa shape index (κ2) is 7.90. The van der Waals surface area contributed by atoms with Crippen LogP contribution in [0.25, 0.3) is 0 Å². The van der Waals surface area contributed by atoms with Gasteiger partial charge in [0.1, 0.15) is 5.69 Å². The van der Waals surface area contributed by atoms with Gasteiger partial charge in [-0.15, -0.1) is 0 Å². The van der Waals surface area contributed by atoms with E-state index in [0.29, 0.717) is 23.9 Å². The maximum atomic E-state index is 12.5. The summed E-state index contributed by atoms with van der Waals surface area (Å²) in [6.45, 7) is 2.71. The molecule has 0 aliphatic carbocycles. The largest absolute Gasteiger partial charge is 0.320 e. The van der Waals surface area contributed by atoms with Gasteiger partial charge in [-0.05, 0) is 53.2 Å². The molecule has 0 saturated carbocycles. The Hall–Kier alpha value is -2.73. The van der Waals surface area contributed by atoms with Crippen molar-refractivity contribution < 1.29 is 4.79 Å². The highest BCUT2D eigenvalue weighted by molar-refractivity contribution is 9.10. The van der Waals surface area contributed by atoms with E-state index in [2.05, 4.69) is 31.2 Å². The van der Waals surface area contributed by atoms with E-state index >= 15 is 0 Å². The number of carbonyl (C=O) groups is 1. The van der Waals surface area contributed by atoms with Gasteiger partial charge in [0.2, 0.25) is 5.95 Å². The maximum Gasteiger partial charge on any atom is 0.274 e. The van der Waals surface area contributed by atoms with Crippen molar-refractivity contribution in [2.24, 2.45) is 0 Å². The SMILES string of the molecule is CCN(c1ccccc1)c1nccc(C(=O)Nc2ccccc2Br)n1. The Morgan fingerprint density at radius 1 is 1.08 bits per heavy atom. The summed E-state index contributed by atoms with van der Waals surface area (Å²) in [6, 6.07) is 18.9. The minimum atomic E-state index is -0.278. The highest BCUT2D eigenvalue weighted by Gasteiger charge is 2.14. The van der Waals surface area contributed by atoms with Gasteiger partial charge in [0.05, 0.1) is 5.69 Å². The zero-order chi connectivity index (χ0) is 17.6. The van der Waals surface area contributed by atoms with Gasteiger partial charge in [0.25, 0.3) is 5.91 Å². The van der Waals surface area contributed by atoms with Gasteiger partial charge in [-0.3, -0.25) is 4.79 Å². The van der Waals surface area contributed by atoms with Crippen LogP contribution >= 0.6 is 15.9 Å². The number of para-hydroxylation sites is 2. The van der Waals surface area contributed by atoms with Crippen LogP contribution in [0.1, 0.15) is 17.4 Å². The van der Waals surface area contributed by atoms with E-state index in [1.807, 2.05) is 66.4 Å². The Labute approximate surface area is 154 Å². The predicted octanol–water partition coefficient (Wildman–Crippen LogP) is 4.65. The molecule has 1 N–H and O–H groups in total. The number of aromatic nitrogens is 2. The number of amides is 1. The summed E-state index contributed by atoms with van der Waals surface area (Å²) in [4.78, 5) is 23.2. The lowest BCUT2D eigenvalue weighted by Crippen LogP contribution is -2.21. The van der Waals surface area contributed by atoms with E-state index in [-0.39, 0.29) is 5.91 Å². The van der Waals surface area contributed by atoms with E-state index in [0.717, 1.165) is 10.2 Å². The number of carbonyl (C=O) groups excluding carboxylic acids is 1. The number of anilines is 3. The molecule has 1 aromatic heterocycles. The summed E-state index contributed by atoms with van der Waals surface area (Å²) in [5.74, 6) is 0.216. The second-order valence-electron chi connectivity index (χ2n) is 5.26. The highest BCUT2D eigenvalue weighted by Crippen LogP contribution is 2.23. The molecule has 1 amide bonds. The monoisotopic (exact) mass is 396 g/mol. The number of hydrogen-bond donors (Lipinski definition) is 1. The van der Waals surface area contributed by atoms with Crippen molar-refractivity contribution in [3.63, 3.8) is 0 Å². The summed E-state index contributed by atoms with van der Waals surface area (Å²) in [7, 11) is 0. The molecule has 0 saturated heterocycles. The maximum absolute atomic E-state index is 12.5. The number of nitrogens with zero attached hydrogens (tertiary/aromatic N) is 3. The van der Waals surface area contributed by atoms with Crippen LogP contribution in [-0.4, -0.2) is 22.4 Å². The fourth-order valence-electron chi connectivity index (χ4n) is 2.40. The summed E-state index contributed by atoms with van der Waals surface area (Å²) in [5.41, 5.74) is 1.99. The van der Waals surface area contributed by atoms with Gasteiger partial charge in [0, 0.05) is 22.9 Å². The van der Waals surface area contributed by atoms with E-state index in [1.165, 1.54) is 0 Å². The predicted molar refractivity (Wildman–Crippen MR) is 103 cm³/mol. The van der Waals surface area contributed by atoms with Crippen molar-refractivity contribution in [2.75, 3.05) is 16.8 Å². The molecule has 1 heterocycles. The minimum Gasteiger partial charge on any atom is -0.320 e. The van der Waals surface area contributed by atoms with Crippen LogP contribution in [-0.2, 0) is 0 Å². The van der Waals surface area contributed by atoms with Gasteiger partial charge in [-0.25, -0.2) is 9.97 Å². The Morgan fingerprint density at radius 2 is 1.80 bits per heavy atom. The molecule has 0 fully saturated rings. The molecule has 2 aromatic carbocycles. The average molecular weight is 397 g/mol. The molecule has 126 valence electrons.